The molecule has 5 N–H and O–H groups in total. The van der Waals surface area contributed by atoms with E-state index in [-0.39, 0.29) is 37.7 Å². The number of aliphatic hydroxyl groups excluding tert-OH is 3. The molecule has 0 aliphatic carbocycles. The molecule has 0 aromatic heterocycles. The molecule has 0 saturated carbocycles. The molecular formula is C6H11CaO9P. The van der Waals surface area contributed by atoms with Crippen molar-refractivity contribution in [3.05, 3.63) is 11.5 Å². The molecule has 96 valence electrons. The van der Waals surface area contributed by atoms with E-state index in [2.05, 4.69) is 9.26 Å². The maximum atomic E-state index is 10.8. The van der Waals surface area contributed by atoms with Crippen molar-refractivity contribution in [1.29, 1.82) is 0 Å². The van der Waals surface area contributed by atoms with Crippen molar-refractivity contribution in [3.63, 3.8) is 0 Å². The third kappa shape index (κ3) is 4.38. The summed E-state index contributed by atoms with van der Waals surface area (Å²) in [7, 11) is -5.01. The fourth-order valence-electron chi connectivity index (χ4n) is 1.03. The number of phosphoric acid groups is 1. The number of cyclic esters (lactones) is 1. The fraction of sp³-hybridized carbons (Fsp3) is 0.500. The molecule has 0 bridgehead atoms. The average molecular weight is 298 g/mol. The van der Waals surface area contributed by atoms with E-state index >= 15 is 0 Å². The summed E-state index contributed by atoms with van der Waals surface area (Å²) >= 11 is 0. The Balaban J connectivity index is 0.00000256. The van der Waals surface area contributed by atoms with Gasteiger partial charge in [-0.3, -0.25) is 9.79 Å². The Morgan fingerprint density at radius 2 is 2.00 bits per heavy atom. The molecule has 1 rings (SSSR count). The summed E-state index contributed by atoms with van der Waals surface area (Å²) in [5, 5.41) is 26.8. The second kappa shape index (κ2) is 6.35. The molecule has 0 fully saturated rings. The standard InChI is InChI=1S/C6H9O9P.Ca.2H/c7-1-2(8)4-5(15-16(11,12)13)3(9)6(10)14-4;;;/h2,4,7-9H,1H2,(H2,11,12,13);;;/t2-,4+;;;/m0.../s1. The van der Waals surface area contributed by atoms with Gasteiger partial charge in [0.25, 0.3) is 0 Å². The van der Waals surface area contributed by atoms with Gasteiger partial charge >= 0.3 is 51.5 Å². The van der Waals surface area contributed by atoms with E-state index in [1.54, 1.807) is 0 Å². The Morgan fingerprint density at radius 3 is 2.41 bits per heavy atom. The summed E-state index contributed by atoms with van der Waals surface area (Å²) in [6.07, 6.45) is -3.31. The number of esters is 1. The SMILES string of the molecule is O=C1O[C@H]([C@@H](O)CO)C(OP(=O)(O)O)=C1O.[CaH2]. The van der Waals surface area contributed by atoms with Crippen LogP contribution in [0.25, 0.3) is 0 Å². The molecule has 0 saturated heterocycles. The molecule has 0 amide bonds. The van der Waals surface area contributed by atoms with Crippen LogP contribution in [0.2, 0.25) is 0 Å². The Bertz CT molecular complexity index is 374. The first-order chi connectivity index (χ1) is 7.26. The Labute approximate surface area is 125 Å². The summed E-state index contributed by atoms with van der Waals surface area (Å²) < 4.78 is 18.9. The van der Waals surface area contributed by atoms with E-state index in [9.17, 15) is 9.36 Å². The summed E-state index contributed by atoms with van der Waals surface area (Å²) in [5.41, 5.74) is 0. The molecule has 1 aliphatic rings. The number of phosphoric ester groups is 1. The van der Waals surface area contributed by atoms with E-state index in [4.69, 9.17) is 25.1 Å². The van der Waals surface area contributed by atoms with Crippen LogP contribution < -0.4 is 0 Å². The minimum atomic E-state index is -5.01. The monoisotopic (exact) mass is 298 g/mol. The van der Waals surface area contributed by atoms with Gasteiger partial charge in [-0.1, -0.05) is 0 Å². The van der Waals surface area contributed by atoms with Crippen LogP contribution in [0, 0.1) is 0 Å². The predicted molar refractivity (Wildman–Crippen MR) is 54.3 cm³/mol. The molecule has 17 heavy (non-hydrogen) atoms. The average Bonchev–Trinajstić information content (AvgIpc) is 2.43. The zero-order valence-electron chi connectivity index (χ0n) is 7.68. The molecule has 9 nitrogen and oxygen atoms in total. The molecule has 0 aromatic rings. The minimum absolute atomic E-state index is 0. The van der Waals surface area contributed by atoms with E-state index < -0.39 is 44.1 Å². The zero-order chi connectivity index (χ0) is 12.5. The van der Waals surface area contributed by atoms with Gasteiger partial charge in [0.15, 0.2) is 6.10 Å². The van der Waals surface area contributed by atoms with Crippen LogP contribution in [-0.2, 0) is 18.6 Å². The predicted octanol–water partition coefficient (Wildman–Crippen LogP) is -2.77. The first-order valence-electron chi connectivity index (χ1n) is 3.94. The number of rotatable bonds is 4. The maximum absolute atomic E-state index is 10.8. The van der Waals surface area contributed by atoms with Gasteiger partial charge in [-0.25, -0.2) is 9.36 Å². The topological polar surface area (TPSA) is 154 Å². The van der Waals surface area contributed by atoms with Gasteiger partial charge in [0, 0.05) is 0 Å². The number of carbonyl (C=O) groups is 1. The number of hydrogen-bond donors (Lipinski definition) is 5. The van der Waals surface area contributed by atoms with E-state index in [0.717, 1.165) is 0 Å². The van der Waals surface area contributed by atoms with Crippen LogP contribution in [0.15, 0.2) is 11.5 Å². The second-order valence-electron chi connectivity index (χ2n) is 2.87. The van der Waals surface area contributed by atoms with Crippen LogP contribution >= 0.6 is 7.82 Å². The summed E-state index contributed by atoms with van der Waals surface area (Å²) in [5.74, 6) is -3.36. The van der Waals surface area contributed by atoms with Gasteiger partial charge in [0.05, 0.1) is 6.61 Å². The van der Waals surface area contributed by atoms with Crippen molar-refractivity contribution in [3.8, 4) is 0 Å². The molecule has 2 atom stereocenters. The Morgan fingerprint density at radius 1 is 1.47 bits per heavy atom. The summed E-state index contributed by atoms with van der Waals surface area (Å²) in [6.45, 7) is -0.848. The third-order valence-electron chi connectivity index (χ3n) is 1.67. The first kappa shape index (κ1) is 17.1. The van der Waals surface area contributed by atoms with Crippen molar-refractivity contribution in [1.82, 2.24) is 0 Å². The fourth-order valence-corrected chi connectivity index (χ4v) is 1.48. The number of aliphatic hydroxyl groups is 3. The van der Waals surface area contributed by atoms with Gasteiger partial charge in [-0.05, 0) is 0 Å². The Hall–Kier alpha value is 0.140. The van der Waals surface area contributed by atoms with Gasteiger partial charge in [0.2, 0.25) is 11.5 Å². The van der Waals surface area contributed by atoms with Crippen molar-refractivity contribution in [2.75, 3.05) is 6.61 Å². The van der Waals surface area contributed by atoms with Crippen LogP contribution in [-0.4, -0.2) is 87.6 Å². The normalized spacial score (nSPS) is 21.9. The molecule has 11 heteroatoms. The molecule has 0 aromatic carbocycles. The molecule has 1 heterocycles. The quantitative estimate of drug-likeness (QED) is 0.211. The number of hydrogen-bond acceptors (Lipinski definition) is 7. The molecule has 0 radical (unpaired) electrons. The number of ether oxygens (including phenoxy) is 1. The van der Waals surface area contributed by atoms with Gasteiger partial charge < -0.3 is 24.6 Å². The third-order valence-corrected chi connectivity index (χ3v) is 2.11. The van der Waals surface area contributed by atoms with Gasteiger partial charge in [0.1, 0.15) is 6.10 Å². The summed E-state index contributed by atoms with van der Waals surface area (Å²) in [6, 6.07) is 0. The van der Waals surface area contributed by atoms with E-state index in [1.807, 2.05) is 0 Å². The van der Waals surface area contributed by atoms with Gasteiger partial charge in [-0.2, -0.15) is 0 Å². The first-order valence-corrected chi connectivity index (χ1v) is 5.47. The van der Waals surface area contributed by atoms with Crippen molar-refractivity contribution < 1.29 is 43.7 Å². The van der Waals surface area contributed by atoms with E-state index in [0.29, 0.717) is 0 Å². The number of carbonyl (C=O) groups excluding carboxylic acids is 1. The second-order valence-corrected chi connectivity index (χ2v) is 4.03. The summed E-state index contributed by atoms with van der Waals surface area (Å²) in [4.78, 5) is 27.8. The van der Waals surface area contributed by atoms with Crippen LogP contribution in [0.1, 0.15) is 0 Å². The molecule has 1 aliphatic heterocycles. The van der Waals surface area contributed by atoms with Crippen LogP contribution in [0.5, 0.6) is 0 Å². The van der Waals surface area contributed by atoms with Crippen LogP contribution in [0.3, 0.4) is 0 Å². The van der Waals surface area contributed by atoms with Crippen LogP contribution in [0.4, 0.5) is 0 Å². The van der Waals surface area contributed by atoms with Gasteiger partial charge in [-0.15, -0.1) is 0 Å². The molecular weight excluding hydrogens is 287 g/mol. The van der Waals surface area contributed by atoms with Crippen molar-refractivity contribution in [2.24, 2.45) is 0 Å². The van der Waals surface area contributed by atoms with E-state index in [1.165, 1.54) is 0 Å². The van der Waals surface area contributed by atoms with Crippen molar-refractivity contribution in [2.45, 2.75) is 12.2 Å². The zero-order valence-corrected chi connectivity index (χ0v) is 8.57. The molecule has 0 unspecified atom stereocenters. The van der Waals surface area contributed by atoms with Crippen molar-refractivity contribution >= 4 is 51.5 Å². The Kier molecular flexibility index (Phi) is 6.40. The molecule has 0 spiro atoms.